The van der Waals surface area contributed by atoms with E-state index in [1.165, 1.54) is 23.1 Å². The lowest BCUT2D eigenvalue weighted by Gasteiger charge is -2.28. The van der Waals surface area contributed by atoms with Crippen LogP contribution in [0.4, 0.5) is 16.2 Å². The predicted octanol–water partition coefficient (Wildman–Crippen LogP) is 2.87. The van der Waals surface area contributed by atoms with E-state index in [1.807, 2.05) is 0 Å². The van der Waals surface area contributed by atoms with Crippen LogP contribution < -0.4 is 5.32 Å². The molecule has 1 rings (SSSR count). The predicted molar refractivity (Wildman–Crippen MR) is 80.7 cm³/mol. The smallest absolute Gasteiger partial charge is 0.321 e. The van der Waals surface area contributed by atoms with E-state index >= 15 is 0 Å². The number of hydrogen-bond donors (Lipinski definition) is 2. The minimum absolute atomic E-state index is 0.00170. The maximum Gasteiger partial charge on any atom is 0.321 e. The molecule has 0 aliphatic carbocycles. The molecule has 0 aliphatic rings. The van der Waals surface area contributed by atoms with Gasteiger partial charge in [0.1, 0.15) is 5.02 Å². The number of benzene rings is 1. The molecule has 0 saturated carbocycles. The van der Waals surface area contributed by atoms with Crippen LogP contribution in [0.1, 0.15) is 20.8 Å². The molecule has 0 saturated heterocycles. The Morgan fingerprint density at radius 3 is 2.62 bits per heavy atom. The summed E-state index contributed by atoms with van der Waals surface area (Å²) in [7, 11) is 0. The van der Waals surface area contributed by atoms with E-state index in [4.69, 9.17) is 11.6 Å². The standard InChI is InChI=1S/C13H18ClN3O4/c1-4-16(8-13(2,3)19)12(18)15-9-5-6-10(14)11(7-9)17(20)21/h5-7,19H,4,8H2,1-3H3,(H,15,18). The van der Waals surface area contributed by atoms with E-state index in [1.54, 1.807) is 20.8 Å². The van der Waals surface area contributed by atoms with Crippen LogP contribution in [-0.4, -0.2) is 39.7 Å². The highest BCUT2D eigenvalue weighted by Crippen LogP contribution is 2.27. The molecule has 0 heterocycles. The highest BCUT2D eigenvalue weighted by molar-refractivity contribution is 6.32. The van der Waals surface area contributed by atoms with Crippen molar-refractivity contribution < 1.29 is 14.8 Å². The van der Waals surface area contributed by atoms with E-state index in [9.17, 15) is 20.0 Å². The molecule has 1 aromatic rings. The number of anilines is 1. The zero-order valence-corrected chi connectivity index (χ0v) is 12.8. The molecule has 7 nitrogen and oxygen atoms in total. The molecule has 0 aromatic heterocycles. The summed E-state index contributed by atoms with van der Waals surface area (Å²) in [5.74, 6) is 0. The van der Waals surface area contributed by atoms with Crippen molar-refractivity contribution >= 4 is 29.0 Å². The van der Waals surface area contributed by atoms with Gasteiger partial charge in [0.05, 0.1) is 17.1 Å². The molecule has 21 heavy (non-hydrogen) atoms. The van der Waals surface area contributed by atoms with Gasteiger partial charge in [0.15, 0.2) is 0 Å². The number of amides is 2. The Morgan fingerprint density at radius 2 is 2.14 bits per heavy atom. The molecular formula is C13H18ClN3O4. The second-order valence-electron chi connectivity index (χ2n) is 5.18. The molecule has 0 radical (unpaired) electrons. The third-order valence-corrected chi connectivity index (χ3v) is 2.96. The fraction of sp³-hybridized carbons (Fsp3) is 0.462. The quantitative estimate of drug-likeness (QED) is 0.645. The van der Waals surface area contributed by atoms with Crippen molar-refractivity contribution in [2.45, 2.75) is 26.4 Å². The first-order valence-corrected chi connectivity index (χ1v) is 6.74. The molecule has 0 bridgehead atoms. The average molecular weight is 316 g/mol. The number of carbonyl (C=O) groups is 1. The molecule has 0 unspecified atom stereocenters. The average Bonchev–Trinajstić information content (AvgIpc) is 2.36. The molecule has 0 spiro atoms. The van der Waals surface area contributed by atoms with Crippen LogP contribution in [0.3, 0.4) is 0 Å². The summed E-state index contributed by atoms with van der Waals surface area (Å²) in [4.78, 5) is 23.7. The van der Waals surface area contributed by atoms with Gasteiger partial charge in [-0.15, -0.1) is 0 Å². The topological polar surface area (TPSA) is 95.7 Å². The van der Waals surface area contributed by atoms with Gasteiger partial charge in [0.25, 0.3) is 5.69 Å². The SMILES string of the molecule is CCN(CC(C)(C)O)C(=O)Nc1ccc(Cl)c([N+](=O)[O-])c1. The van der Waals surface area contributed by atoms with Crippen LogP contribution in [-0.2, 0) is 0 Å². The molecule has 0 aliphatic heterocycles. The van der Waals surface area contributed by atoms with Gasteiger partial charge in [0, 0.05) is 18.3 Å². The van der Waals surface area contributed by atoms with Crippen LogP contribution in [0, 0.1) is 10.1 Å². The number of halogens is 1. The number of nitrogens with zero attached hydrogens (tertiary/aromatic N) is 2. The number of nitrogens with one attached hydrogen (secondary N) is 1. The molecule has 2 N–H and O–H groups in total. The second-order valence-corrected chi connectivity index (χ2v) is 5.59. The molecule has 116 valence electrons. The van der Waals surface area contributed by atoms with Gasteiger partial charge < -0.3 is 15.3 Å². The lowest BCUT2D eigenvalue weighted by molar-refractivity contribution is -0.384. The fourth-order valence-electron chi connectivity index (χ4n) is 1.73. The highest BCUT2D eigenvalue weighted by atomic mass is 35.5. The molecular weight excluding hydrogens is 298 g/mol. The van der Waals surface area contributed by atoms with Crippen molar-refractivity contribution in [3.8, 4) is 0 Å². The Bertz CT molecular complexity index is 543. The van der Waals surface area contributed by atoms with Crippen molar-refractivity contribution in [1.29, 1.82) is 0 Å². The van der Waals surface area contributed by atoms with Gasteiger partial charge in [-0.1, -0.05) is 11.6 Å². The number of carbonyl (C=O) groups excluding carboxylic acids is 1. The zero-order valence-electron chi connectivity index (χ0n) is 12.1. The first-order chi connectivity index (χ1) is 9.64. The number of urea groups is 1. The van der Waals surface area contributed by atoms with E-state index in [0.29, 0.717) is 6.54 Å². The minimum Gasteiger partial charge on any atom is -0.389 e. The summed E-state index contributed by atoms with van der Waals surface area (Å²) in [5, 5.41) is 23.1. The lowest BCUT2D eigenvalue weighted by atomic mass is 10.1. The van der Waals surface area contributed by atoms with Gasteiger partial charge in [-0.05, 0) is 32.9 Å². The van der Waals surface area contributed by atoms with E-state index in [2.05, 4.69) is 5.32 Å². The van der Waals surface area contributed by atoms with Crippen LogP contribution in [0.5, 0.6) is 0 Å². The number of aliphatic hydroxyl groups is 1. The van der Waals surface area contributed by atoms with Crippen LogP contribution in [0.2, 0.25) is 5.02 Å². The number of hydrogen-bond acceptors (Lipinski definition) is 4. The van der Waals surface area contributed by atoms with E-state index < -0.39 is 16.6 Å². The number of nitro groups is 1. The highest BCUT2D eigenvalue weighted by Gasteiger charge is 2.22. The summed E-state index contributed by atoms with van der Waals surface area (Å²) in [6.07, 6.45) is 0. The van der Waals surface area contributed by atoms with E-state index in [0.717, 1.165) is 0 Å². The molecule has 1 aromatic carbocycles. The number of nitro benzene ring substituents is 1. The van der Waals surface area contributed by atoms with Crippen molar-refractivity contribution in [2.24, 2.45) is 0 Å². The monoisotopic (exact) mass is 315 g/mol. The first-order valence-electron chi connectivity index (χ1n) is 6.36. The van der Waals surface area contributed by atoms with Crippen molar-refractivity contribution in [3.05, 3.63) is 33.3 Å². The fourth-order valence-corrected chi connectivity index (χ4v) is 1.91. The van der Waals surface area contributed by atoms with E-state index in [-0.39, 0.29) is 22.9 Å². The summed E-state index contributed by atoms with van der Waals surface area (Å²) in [6.45, 7) is 5.50. The largest absolute Gasteiger partial charge is 0.389 e. The molecule has 0 fully saturated rings. The molecule has 8 heteroatoms. The zero-order chi connectivity index (χ0) is 16.2. The first kappa shape index (κ1) is 17.2. The molecule has 0 atom stereocenters. The summed E-state index contributed by atoms with van der Waals surface area (Å²) in [5.41, 5.74) is -1.04. The van der Waals surface area contributed by atoms with Crippen molar-refractivity contribution in [3.63, 3.8) is 0 Å². The minimum atomic E-state index is -1.03. The summed E-state index contributed by atoms with van der Waals surface area (Å²) < 4.78 is 0. The Hall–Kier alpha value is -1.86. The second kappa shape index (κ2) is 6.73. The van der Waals surface area contributed by atoms with Crippen LogP contribution >= 0.6 is 11.6 Å². The maximum atomic E-state index is 12.1. The number of likely N-dealkylation sites (N-methyl/N-ethyl adjacent to an activating group) is 1. The Kier molecular flexibility index (Phi) is 5.51. The lowest BCUT2D eigenvalue weighted by Crippen LogP contribution is -2.44. The van der Waals surface area contributed by atoms with Gasteiger partial charge in [-0.2, -0.15) is 0 Å². The van der Waals surface area contributed by atoms with Crippen molar-refractivity contribution in [2.75, 3.05) is 18.4 Å². The van der Waals surface area contributed by atoms with Crippen LogP contribution in [0.25, 0.3) is 0 Å². The number of rotatable bonds is 5. The Morgan fingerprint density at radius 1 is 1.52 bits per heavy atom. The summed E-state index contributed by atoms with van der Waals surface area (Å²) >= 11 is 5.71. The normalized spacial score (nSPS) is 11.1. The third-order valence-electron chi connectivity index (χ3n) is 2.64. The van der Waals surface area contributed by atoms with Gasteiger partial charge in [-0.3, -0.25) is 10.1 Å². The Balaban J connectivity index is 2.87. The van der Waals surface area contributed by atoms with Crippen LogP contribution in [0.15, 0.2) is 18.2 Å². The molecule has 2 amide bonds. The maximum absolute atomic E-state index is 12.1. The summed E-state index contributed by atoms with van der Waals surface area (Å²) in [6, 6.07) is 3.57. The van der Waals surface area contributed by atoms with Gasteiger partial charge in [0.2, 0.25) is 0 Å². The Labute approximate surface area is 127 Å². The third kappa shape index (κ3) is 5.20. The van der Waals surface area contributed by atoms with Gasteiger partial charge in [-0.25, -0.2) is 4.79 Å². The van der Waals surface area contributed by atoms with Crippen molar-refractivity contribution in [1.82, 2.24) is 4.90 Å². The van der Waals surface area contributed by atoms with Gasteiger partial charge >= 0.3 is 6.03 Å².